The van der Waals surface area contributed by atoms with E-state index in [0.29, 0.717) is 0 Å². The van der Waals surface area contributed by atoms with Gasteiger partial charge < -0.3 is 0 Å². The average molecular weight is 143 g/mol. The third-order valence-corrected chi connectivity index (χ3v) is 3.29. The van der Waals surface area contributed by atoms with Gasteiger partial charge in [0.15, 0.2) is 0 Å². The van der Waals surface area contributed by atoms with Gasteiger partial charge >= 0.3 is 0 Å². The summed E-state index contributed by atoms with van der Waals surface area (Å²) < 4.78 is 2.38. The second-order valence-corrected chi connectivity index (χ2v) is 4.08. The minimum absolute atomic E-state index is 1.08. The van der Waals surface area contributed by atoms with Crippen LogP contribution in [0.1, 0.15) is 13.3 Å². The highest BCUT2D eigenvalue weighted by atomic mass is 31.0. The van der Waals surface area contributed by atoms with Gasteiger partial charge in [0.2, 0.25) is 0 Å². The zero-order valence-electron chi connectivity index (χ0n) is 5.88. The van der Waals surface area contributed by atoms with Crippen LogP contribution in [0.2, 0.25) is 0 Å². The van der Waals surface area contributed by atoms with Crippen LogP contribution in [0.4, 0.5) is 0 Å². The van der Waals surface area contributed by atoms with Crippen molar-refractivity contribution in [1.29, 1.82) is 0 Å². The van der Waals surface area contributed by atoms with Gasteiger partial charge in [-0.25, -0.2) is 0 Å². The van der Waals surface area contributed by atoms with E-state index in [1.165, 1.54) is 19.5 Å². The Morgan fingerprint density at radius 1 is 1.44 bits per heavy atom. The van der Waals surface area contributed by atoms with Crippen LogP contribution in [0.5, 0.6) is 0 Å². The van der Waals surface area contributed by atoms with Crippen LogP contribution in [-0.4, -0.2) is 17.8 Å². The first-order valence-corrected chi connectivity index (χ1v) is 4.34. The predicted molar refractivity (Wildman–Crippen MR) is 42.0 cm³/mol. The summed E-state index contributed by atoms with van der Waals surface area (Å²) in [6.45, 7) is 5.00. The van der Waals surface area contributed by atoms with E-state index in [-0.39, 0.29) is 0 Å². The molecule has 0 aromatic carbocycles. The zero-order chi connectivity index (χ0) is 6.43. The van der Waals surface area contributed by atoms with Crippen LogP contribution in [0.15, 0.2) is 0 Å². The lowest BCUT2D eigenvalue weighted by atomic mass is 10.2. The molecule has 3 unspecified atom stereocenters. The van der Waals surface area contributed by atoms with E-state index in [1.807, 2.05) is 0 Å². The molecule has 3 atom stereocenters. The van der Waals surface area contributed by atoms with Crippen molar-refractivity contribution in [3.63, 3.8) is 0 Å². The fourth-order valence-electron chi connectivity index (χ4n) is 2.29. The zero-order valence-corrected chi connectivity index (χ0v) is 7.03. The van der Waals surface area contributed by atoms with Crippen LogP contribution in [0.3, 0.4) is 0 Å². The summed E-state index contributed by atoms with van der Waals surface area (Å²) in [5.74, 6) is 3.25. The number of nitrogens with zero attached hydrogens (tertiary/aromatic N) is 1. The standard InChI is InChI=1S/C7H14NP/c1-2-5-6-3-8(9)4-7(5)6/h5-7H,2-4,9H2,1H3. The van der Waals surface area contributed by atoms with Gasteiger partial charge in [-0.1, -0.05) is 22.7 Å². The maximum Gasteiger partial charge on any atom is 0.00506 e. The Hall–Kier alpha value is 0.390. The highest BCUT2D eigenvalue weighted by molar-refractivity contribution is 7.13. The van der Waals surface area contributed by atoms with Gasteiger partial charge in [0, 0.05) is 13.1 Å². The first-order chi connectivity index (χ1) is 4.33. The number of rotatable bonds is 1. The normalized spacial score (nSPS) is 49.3. The summed E-state index contributed by atoms with van der Waals surface area (Å²) in [6, 6.07) is 0. The molecule has 1 heterocycles. The van der Waals surface area contributed by atoms with Crippen molar-refractivity contribution in [2.75, 3.05) is 13.1 Å². The molecule has 0 bridgehead atoms. The van der Waals surface area contributed by atoms with Gasteiger partial charge in [-0.05, 0) is 17.8 Å². The van der Waals surface area contributed by atoms with Crippen molar-refractivity contribution in [3.8, 4) is 0 Å². The smallest absolute Gasteiger partial charge is 0.00506 e. The van der Waals surface area contributed by atoms with E-state index in [9.17, 15) is 0 Å². The maximum atomic E-state index is 2.80. The second-order valence-electron chi connectivity index (χ2n) is 3.35. The molecule has 1 saturated heterocycles. The fourth-order valence-corrected chi connectivity index (χ4v) is 2.77. The van der Waals surface area contributed by atoms with E-state index in [1.54, 1.807) is 0 Å². The largest absolute Gasteiger partial charge is 0.287 e. The lowest BCUT2D eigenvalue weighted by Gasteiger charge is -2.10. The number of piperidine rings is 1. The summed E-state index contributed by atoms with van der Waals surface area (Å²) in [5.41, 5.74) is 0. The van der Waals surface area contributed by atoms with Gasteiger partial charge in [-0.2, -0.15) is 0 Å². The summed E-state index contributed by atoms with van der Waals surface area (Å²) in [5, 5.41) is 0. The second kappa shape index (κ2) is 1.93. The predicted octanol–water partition coefficient (Wildman–Crippen LogP) is 1.36. The molecule has 9 heavy (non-hydrogen) atoms. The van der Waals surface area contributed by atoms with E-state index in [4.69, 9.17) is 0 Å². The van der Waals surface area contributed by atoms with Gasteiger partial charge in [0.25, 0.3) is 0 Å². The minimum atomic E-state index is 1.08. The van der Waals surface area contributed by atoms with Crippen LogP contribution >= 0.6 is 9.39 Å². The molecule has 1 saturated carbocycles. The highest BCUT2D eigenvalue weighted by Gasteiger charge is 2.53. The Morgan fingerprint density at radius 3 is 2.44 bits per heavy atom. The monoisotopic (exact) mass is 143 g/mol. The Morgan fingerprint density at radius 2 is 2.00 bits per heavy atom. The molecule has 0 amide bonds. The molecule has 0 aromatic rings. The van der Waals surface area contributed by atoms with Crippen LogP contribution in [-0.2, 0) is 0 Å². The highest BCUT2D eigenvalue weighted by Crippen LogP contribution is 2.53. The molecule has 1 nitrogen and oxygen atoms in total. The molecule has 2 aliphatic rings. The lowest BCUT2D eigenvalue weighted by molar-refractivity contribution is 0.455. The van der Waals surface area contributed by atoms with Gasteiger partial charge in [0.1, 0.15) is 0 Å². The molecule has 0 spiro atoms. The molecule has 52 valence electrons. The summed E-state index contributed by atoms with van der Waals surface area (Å²) in [4.78, 5) is 0. The first-order valence-electron chi connectivity index (χ1n) is 3.82. The molecule has 0 N–H and O–H groups in total. The third kappa shape index (κ3) is 0.824. The van der Waals surface area contributed by atoms with Crippen LogP contribution < -0.4 is 0 Å². The van der Waals surface area contributed by atoms with E-state index in [0.717, 1.165) is 17.8 Å². The number of hydrogen-bond donors (Lipinski definition) is 0. The summed E-state index contributed by atoms with van der Waals surface area (Å²) in [6.07, 6.45) is 1.41. The molecule has 2 rings (SSSR count). The first kappa shape index (κ1) is 6.12. The van der Waals surface area contributed by atoms with Crippen LogP contribution in [0.25, 0.3) is 0 Å². The molecule has 0 aromatic heterocycles. The number of hydrogen-bond acceptors (Lipinski definition) is 1. The molecular weight excluding hydrogens is 129 g/mol. The topological polar surface area (TPSA) is 3.24 Å². The molecule has 2 heteroatoms. The quantitative estimate of drug-likeness (QED) is 0.501. The molecule has 0 radical (unpaired) electrons. The van der Waals surface area contributed by atoms with E-state index < -0.39 is 0 Å². The molecular formula is C7H14NP. The number of fused-ring (bicyclic) bond motifs is 1. The molecule has 1 aliphatic carbocycles. The van der Waals surface area contributed by atoms with Crippen molar-refractivity contribution in [3.05, 3.63) is 0 Å². The minimum Gasteiger partial charge on any atom is -0.287 e. The Labute approximate surface area is 59.1 Å². The summed E-state index contributed by atoms with van der Waals surface area (Å²) >= 11 is 0. The summed E-state index contributed by atoms with van der Waals surface area (Å²) in [7, 11) is 2.80. The van der Waals surface area contributed by atoms with Gasteiger partial charge in [-0.3, -0.25) is 4.67 Å². The van der Waals surface area contributed by atoms with Crippen LogP contribution in [0, 0.1) is 17.8 Å². The Kier molecular flexibility index (Phi) is 1.32. The average Bonchev–Trinajstić information content (AvgIpc) is 2.30. The molecule has 2 fully saturated rings. The van der Waals surface area contributed by atoms with Crippen molar-refractivity contribution in [2.24, 2.45) is 17.8 Å². The van der Waals surface area contributed by atoms with Crippen molar-refractivity contribution in [2.45, 2.75) is 13.3 Å². The Balaban J connectivity index is 1.91. The lowest BCUT2D eigenvalue weighted by Crippen LogP contribution is -2.11. The van der Waals surface area contributed by atoms with Gasteiger partial charge in [-0.15, -0.1) is 0 Å². The SMILES string of the molecule is CCC1C2CN(P)CC12. The van der Waals surface area contributed by atoms with Crippen molar-refractivity contribution < 1.29 is 0 Å². The van der Waals surface area contributed by atoms with E-state index >= 15 is 0 Å². The molecule has 1 aliphatic heterocycles. The Bertz CT molecular complexity index is 114. The van der Waals surface area contributed by atoms with Gasteiger partial charge in [0.05, 0.1) is 0 Å². The van der Waals surface area contributed by atoms with E-state index in [2.05, 4.69) is 21.0 Å². The third-order valence-electron chi connectivity index (χ3n) is 2.87. The van der Waals surface area contributed by atoms with Crippen molar-refractivity contribution >= 4 is 9.39 Å². The maximum absolute atomic E-state index is 2.80. The fraction of sp³-hybridized carbons (Fsp3) is 1.00. The van der Waals surface area contributed by atoms with Crippen molar-refractivity contribution in [1.82, 2.24) is 4.67 Å².